The topological polar surface area (TPSA) is 77.2 Å². The zero-order valence-electron chi connectivity index (χ0n) is 17.0. The van der Waals surface area contributed by atoms with Crippen molar-refractivity contribution in [2.75, 3.05) is 6.61 Å². The van der Waals surface area contributed by atoms with Crippen LogP contribution in [-0.4, -0.2) is 39.1 Å². The maximum atomic E-state index is 12.8. The molecule has 0 aromatic carbocycles. The quantitative estimate of drug-likeness (QED) is 0.496. The molecule has 3 aromatic heterocycles. The van der Waals surface area contributed by atoms with Gasteiger partial charge in [0, 0.05) is 49.5 Å². The first-order valence-electron chi connectivity index (χ1n) is 9.38. The van der Waals surface area contributed by atoms with Crippen molar-refractivity contribution in [3.63, 3.8) is 0 Å². The lowest BCUT2D eigenvalue weighted by Crippen LogP contribution is -2.22. The van der Waals surface area contributed by atoms with E-state index in [0.29, 0.717) is 12.4 Å². The van der Waals surface area contributed by atoms with Gasteiger partial charge in [-0.15, -0.1) is 0 Å². The number of nitrogens with one attached hydrogen (secondary N) is 1. The van der Waals surface area contributed by atoms with E-state index in [-0.39, 0.29) is 11.5 Å². The molecule has 0 amide bonds. The summed E-state index contributed by atoms with van der Waals surface area (Å²) in [5.74, 6) is 0.129. The Kier molecular flexibility index (Phi) is 5.39. The Balaban J connectivity index is 1.83. The van der Waals surface area contributed by atoms with Crippen molar-refractivity contribution in [3.05, 3.63) is 40.2 Å². The molecular formula is C19H29N5O2Si. The van der Waals surface area contributed by atoms with Gasteiger partial charge in [-0.2, -0.15) is 5.10 Å². The van der Waals surface area contributed by atoms with Crippen molar-refractivity contribution in [1.82, 2.24) is 24.4 Å². The lowest BCUT2D eigenvalue weighted by molar-refractivity contribution is 0.0786. The van der Waals surface area contributed by atoms with E-state index < -0.39 is 8.07 Å². The average Bonchev–Trinajstić information content (AvgIpc) is 3.16. The minimum atomic E-state index is -1.09. The molecule has 0 aliphatic carbocycles. The van der Waals surface area contributed by atoms with Gasteiger partial charge in [0.2, 0.25) is 0 Å². The maximum Gasteiger partial charge on any atom is 0.276 e. The molecule has 3 rings (SSSR count). The number of H-pyrrole nitrogens is 1. The molecule has 1 N–H and O–H groups in total. The third-order valence-corrected chi connectivity index (χ3v) is 6.33. The van der Waals surface area contributed by atoms with Gasteiger partial charge in [0.15, 0.2) is 5.65 Å². The normalized spacial score (nSPS) is 12.4. The fourth-order valence-corrected chi connectivity index (χ4v) is 3.88. The van der Waals surface area contributed by atoms with Gasteiger partial charge < -0.3 is 4.74 Å². The Morgan fingerprint density at radius 1 is 1.30 bits per heavy atom. The van der Waals surface area contributed by atoms with E-state index in [1.165, 1.54) is 4.52 Å². The monoisotopic (exact) mass is 387 g/mol. The number of hydrogen-bond donors (Lipinski definition) is 1. The van der Waals surface area contributed by atoms with Crippen LogP contribution in [0.25, 0.3) is 16.8 Å². The summed E-state index contributed by atoms with van der Waals surface area (Å²) in [4.78, 5) is 17.4. The lowest BCUT2D eigenvalue weighted by Gasteiger charge is -2.15. The lowest BCUT2D eigenvalue weighted by atomic mass is 10.0. The van der Waals surface area contributed by atoms with Crippen molar-refractivity contribution in [1.29, 1.82) is 0 Å². The van der Waals surface area contributed by atoms with E-state index in [9.17, 15) is 4.79 Å². The number of aryl methyl sites for hydroxylation is 1. The molecule has 0 bridgehead atoms. The molecule has 146 valence electrons. The number of hydrogen-bond acceptors (Lipinski definition) is 4. The first kappa shape index (κ1) is 19.6. The zero-order chi connectivity index (χ0) is 19.8. The van der Waals surface area contributed by atoms with Crippen molar-refractivity contribution >= 4 is 13.7 Å². The van der Waals surface area contributed by atoms with Crippen molar-refractivity contribution in [3.8, 4) is 11.1 Å². The molecule has 7 nitrogen and oxygen atoms in total. The summed E-state index contributed by atoms with van der Waals surface area (Å²) in [5, 5.41) is 7.41. The van der Waals surface area contributed by atoms with Crippen molar-refractivity contribution in [2.24, 2.45) is 0 Å². The molecule has 0 unspecified atom stereocenters. The average molecular weight is 388 g/mol. The number of aromatic amines is 1. The van der Waals surface area contributed by atoms with Gasteiger partial charge in [-0.1, -0.05) is 33.5 Å². The van der Waals surface area contributed by atoms with E-state index in [0.717, 1.165) is 35.0 Å². The highest BCUT2D eigenvalue weighted by Gasteiger charge is 2.17. The molecule has 0 fully saturated rings. The van der Waals surface area contributed by atoms with Gasteiger partial charge in [0.05, 0.1) is 6.20 Å². The van der Waals surface area contributed by atoms with E-state index in [2.05, 4.69) is 34.8 Å². The second-order valence-corrected chi connectivity index (χ2v) is 14.2. The van der Waals surface area contributed by atoms with Crippen LogP contribution in [0.4, 0.5) is 0 Å². The Morgan fingerprint density at radius 2 is 2.04 bits per heavy atom. The van der Waals surface area contributed by atoms with E-state index in [1.54, 1.807) is 17.1 Å². The molecule has 3 heterocycles. The van der Waals surface area contributed by atoms with E-state index in [4.69, 9.17) is 4.74 Å². The third kappa shape index (κ3) is 4.22. The Labute approximate surface area is 160 Å². The standard InChI is InChI=1S/C19H29N5O2Si/c1-13(2)17-14(3)22-18-16(10-21-24(18)19(17)25)15-9-20-23(11-15)12-26-7-8-27(4,5)6/h9-11,13,21H,7-8,12H2,1-6H3. The Morgan fingerprint density at radius 3 is 2.70 bits per heavy atom. The van der Waals surface area contributed by atoms with Gasteiger partial charge in [0.1, 0.15) is 6.73 Å². The summed E-state index contributed by atoms with van der Waals surface area (Å²) in [6.07, 6.45) is 5.51. The molecule has 0 spiro atoms. The van der Waals surface area contributed by atoms with Crippen molar-refractivity contribution in [2.45, 2.75) is 59.1 Å². The smallest absolute Gasteiger partial charge is 0.276 e. The fourth-order valence-electron chi connectivity index (χ4n) is 3.12. The van der Waals surface area contributed by atoms with E-state index in [1.807, 2.05) is 27.0 Å². The SMILES string of the molecule is Cc1nc2c(-c3cnn(COCC[Si](C)(C)C)c3)c[nH]n2c(=O)c1C(C)C. The molecular weight excluding hydrogens is 358 g/mol. The van der Waals surface area contributed by atoms with Crippen LogP contribution in [0.1, 0.15) is 31.0 Å². The largest absolute Gasteiger partial charge is 0.360 e. The molecule has 8 heteroatoms. The van der Waals surface area contributed by atoms with Crippen LogP contribution >= 0.6 is 0 Å². The first-order chi connectivity index (χ1) is 12.7. The molecule has 0 radical (unpaired) electrons. The van der Waals surface area contributed by atoms with Crippen molar-refractivity contribution < 1.29 is 4.74 Å². The zero-order valence-corrected chi connectivity index (χ0v) is 18.0. The molecule has 0 aliphatic heterocycles. The second kappa shape index (κ2) is 7.44. The molecule has 27 heavy (non-hydrogen) atoms. The molecule has 0 aliphatic rings. The Hall–Kier alpha value is -2.19. The van der Waals surface area contributed by atoms with E-state index >= 15 is 0 Å². The summed E-state index contributed by atoms with van der Waals surface area (Å²) >= 11 is 0. The summed E-state index contributed by atoms with van der Waals surface area (Å²) < 4.78 is 9.04. The summed E-state index contributed by atoms with van der Waals surface area (Å²) in [5.41, 5.74) is 3.87. The van der Waals surface area contributed by atoms with Gasteiger partial charge >= 0.3 is 0 Å². The molecule has 0 saturated carbocycles. The van der Waals surface area contributed by atoms with Crippen LogP contribution in [0.3, 0.4) is 0 Å². The van der Waals surface area contributed by atoms with Gasteiger partial charge in [-0.05, 0) is 18.9 Å². The highest BCUT2D eigenvalue weighted by atomic mass is 28.3. The molecule has 0 atom stereocenters. The first-order valence-corrected chi connectivity index (χ1v) is 13.1. The summed E-state index contributed by atoms with van der Waals surface area (Å²) in [6, 6.07) is 1.13. The number of rotatable bonds is 7. The minimum absolute atomic E-state index is 0.0409. The van der Waals surface area contributed by atoms with Crippen LogP contribution < -0.4 is 5.56 Å². The van der Waals surface area contributed by atoms with Crippen LogP contribution in [0.5, 0.6) is 0 Å². The van der Waals surface area contributed by atoms with Crippen LogP contribution in [0.15, 0.2) is 23.4 Å². The minimum Gasteiger partial charge on any atom is -0.360 e. The molecule has 3 aromatic rings. The number of fused-ring (bicyclic) bond motifs is 1. The number of nitrogens with zero attached hydrogens (tertiary/aromatic N) is 4. The fraction of sp³-hybridized carbons (Fsp3) is 0.526. The van der Waals surface area contributed by atoms with Crippen LogP contribution in [-0.2, 0) is 11.5 Å². The summed E-state index contributed by atoms with van der Waals surface area (Å²) in [6.45, 7) is 14.1. The second-order valence-electron chi connectivity index (χ2n) is 8.53. The van der Waals surface area contributed by atoms with Crippen LogP contribution in [0, 0.1) is 6.92 Å². The highest BCUT2D eigenvalue weighted by molar-refractivity contribution is 6.76. The van der Waals surface area contributed by atoms with Gasteiger partial charge in [0.25, 0.3) is 5.56 Å². The van der Waals surface area contributed by atoms with Gasteiger partial charge in [-0.3, -0.25) is 9.89 Å². The van der Waals surface area contributed by atoms with Crippen LogP contribution in [0.2, 0.25) is 25.7 Å². The number of ether oxygens (including phenoxy) is 1. The predicted molar refractivity (Wildman–Crippen MR) is 110 cm³/mol. The summed E-state index contributed by atoms with van der Waals surface area (Å²) in [7, 11) is -1.09. The molecule has 0 saturated heterocycles. The third-order valence-electron chi connectivity index (χ3n) is 4.63. The maximum absolute atomic E-state index is 12.8. The Bertz CT molecular complexity index is 994. The highest BCUT2D eigenvalue weighted by Crippen LogP contribution is 2.24. The predicted octanol–water partition coefficient (Wildman–Crippen LogP) is 3.63. The number of aromatic nitrogens is 5. The van der Waals surface area contributed by atoms with Gasteiger partial charge in [-0.25, -0.2) is 14.2 Å².